The van der Waals surface area contributed by atoms with Crippen LogP contribution in [-0.2, 0) is 10.0 Å². The molecule has 7 heteroatoms. The molecular formula is C18H21FN2O3S. The Labute approximate surface area is 147 Å². The molecule has 25 heavy (non-hydrogen) atoms. The van der Waals surface area contributed by atoms with Gasteiger partial charge >= 0.3 is 0 Å². The smallest absolute Gasteiger partial charge is 0.243 e. The second-order valence-electron chi connectivity index (χ2n) is 5.78. The second kappa shape index (κ2) is 7.41. The van der Waals surface area contributed by atoms with Crippen molar-refractivity contribution in [2.45, 2.75) is 11.8 Å². The van der Waals surface area contributed by atoms with E-state index in [4.69, 9.17) is 4.74 Å². The number of benzene rings is 2. The Bertz CT molecular complexity index is 816. The summed E-state index contributed by atoms with van der Waals surface area (Å²) < 4.78 is 45.7. The molecule has 0 radical (unpaired) electrons. The first-order valence-electron chi connectivity index (χ1n) is 8.24. The van der Waals surface area contributed by atoms with Crippen LogP contribution in [0.1, 0.15) is 6.92 Å². The van der Waals surface area contributed by atoms with Gasteiger partial charge in [-0.05, 0) is 49.4 Å². The Morgan fingerprint density at radius 3 is 2.32 bits per heavy atom. The zero-order chi connectivity index (χ0) is 17.9. The summed E-state index contributed by atoms with van der Waals surface area (Å²) in [4.78, 5) is 2.25. The number of rotatable bonds is 5. The zero-order valence-electron chi connectivity index (χ0n) is 14.1. The third-order valence-electron chi connectivity index (χ3n) is 4.18. The third-order valence-corrected chi connectivity index (χ3v) is 6.10. The fraction of sp³-hybridized carbons (Fsp3) is 0.333. The van der Waals surface area contributed by atoms with Gasteiger partial charge in [-0.25, -0.2) is 12.8 Å². The van der Waals surface area contributed by atoms with Crippen molar-refractivity contribution in [3.05, 3.63) is 54.3 Å². The summed E-state index contributed by atoms with van der Waals surface area (Å²) >= 11 is 0. The normalized spacial score (nSPS) is 16.0. The Kier molecular flexibility index (Phi) is 5.24. The van der Waals surface area contributed by atoms with Crippen LogP contribution in [0.15, 0.2) is 53.4 Å². The number of ether oxygens (including phenoxy) is 1. The predicted molar refractivity (Wildman–Crippen MR) is 95.0 cm³/mol. The van der Waals surface area contributed by atoms with Crippen molar-refractivity contribution in [3.63, 3.8) is 0 Å². The lowest BCUT2D eigenvalue weighted by Gasteiger charge is -2.35. The van der Waals surface area contributed by atoms with Gasteiger partial charge in [-0.3, -0.25) is 0 Å². The van der Waals surface area contributed by atoms with E-state index in [0.717, 1.165) is 5.69 Å². The van der Waals surface area contributed by atoms with Gasteiger partial charge in [0.15, 0.2) is 0 Å². The molecule has 1 heterocycles. The molecule has 2 aromatic carbocycles. The number of nitrogens with zero attached hydrogens (tertiary/aromatic N) is 2. The van der Waals surface area contributed by atoms with Gasteiger partial charge in [-0.1, -0.05) is 6.07 Å². The van der Waals surface area contributed by atoms with Crippen molar-refractivity contribution in [2.24, 2.45) is 0 Å². The van der Waals surface area contributed by atoms with E-state index in [1.807, 2.05) is 17.9 Å². The van der Waals surface area contributed by atoms with E-state index in [9.17, 15) is 12.8 Å². The molecule has 0 spiro atoms. The second-order valence-corrected chi connectivity index (χ2v) is 7.71. The number of halogens is 1. The van der Waals surface area contributed by atoms with E-state index in [1.165, 1.54) is 16.4 Å². The van der Waals surface area contributed by atoms with E-state index >= 15 is 0 Å². The molecule has 0 aromatic heterocycles. The fourth-order valence-corrected chi connectivity index (χ4v) is 4.31. The molecular weight excluding hydrogens is 343 g/mol. The van der Waals surface area contributed by atoms with Crippen molar-refractivity contribution in [3.8, 4) is 5.75 Å². The highest BCUT2D eigenvalue weighted by Crippen LogP contribution is 2.23. The number of hydrogen-bond donors (Lipinski definition) is 0. The van der Waals surface area contributed by atoms with Gasteiger partial charge in [-0.2, -0.15) is 4.31 Å². The lowest BCUT2D eigenvalue weighted by Crippen LogP contribution is -2.48. The molecule has 0 unspecified atom stereocenters. The summed E-state index contributed by atoms with van der Waals surface area (Å²) in [6.45, 7) is 4.20. The average molecular weight is 364 g/mol. The predicted octanol–water partition coefficient (Wildman–Crippen LogP) is 2.74. The highest BCUT2D eigenvalue weighted by molar-refractivity contribution is 7.89. The van der Waals surface area contributed by atoms with Crippen LogP contribution in [0.5, 0.6) is 5.75 Å². The maximum Gasteiger partial charge on any atom is 0.243 e. The van der Waals surface area contributed by atoms with Crippen LogP contribution in [0.4, 0.5) is 10.1 Å². The standard InChI is InChI=1S/C18H21FN2O3S/c1-2-24-17-6-8-18(9-7-17)25(22,23)21-12-10-20(11-13-21)16-5-3-4-15(19)14-16/h3-9,14H,2,10-13H2,1H3. The molecule has 1 fully saturated rings. The SMILES string of the molecule is CCOc1ccc(S(=O)(=O)N2CCN(c3cccc(F)c3)CC2)cc1. The molecule has 5 nitrogen and oxygen atoms in total. The summed E-state index contributed by atoms with van der Waals surface area (Å²) in [5.41, 5.74) is 0.776. The lowest BCUT2D eigenvalue weighted by atomic mass is 10.2. The molecule has 0 saturated carbocycles. The first kappa shape index (κ1) is 17.7. The average Bonchev–Trinajstić information content (AvgIpc) is 2.63. The molecule has 0 aliphatic carbocycles. The highest BCUT2D eigenvalue weighted by atomic mass is 32.2. The van der Waals surface area contributed by atoms with E-state index in [-0.39, 0.29) is 10.7 Å². The summed E-state index contributed by atoms with van der Waals surface area (Å²) in [7, 11) is -3.53. The minimum Gasteiger partial charge on any atom is -0.494 e. The first-order valence-corrected chi connectivity index (χ1v) is 9.68. The van der Waals surface area contributed by atoms with Gasteiger partial charge in [-0.15, -0.1) is 0 Å². The van der Waals surface area contributed by atoms with Crippen molar-refractivity contribution >= 4 is 15.7 Å². The van der Waals surface area contributed by atoms with Crippen molar-refractivity contribution < 1.29 is 17.5 Å². The summed E-state index contributed by atoms with van der Waals surface area (Å²) in [6.07, 6.45) is 0. The molecule has 0 atom stereocenters. The molecule has 0 bridgehead atoms. The van der Waals surface area contributed by atoms with Crippen molar-refractivity contribution in [1.29, 1.82) is 0 Å². The van der Waals surface area contributed by atoms with E-state index in [2.05, 4.69) is 0 Å². The van der Waals surface area contributed by atoms with Crippen LogP contribution < -0.4 is 9.64 Å². The summed E-state index contributed by atoms with van der Waals surface area (Å²) in [6, 6.07) is 12.8. The van der Waals surface area contributed by atoms with E-state index < -0.39 is 10.0 Å². The topological polar surface area (TPSA) is 49.9 Å². The monoisotopic (exact) mass is 364 g/mol. The largest absolute Gasteiger partial charge is 0.494 e. The van der Waals surface area contributed by atoms with Crippen LogP contribution in [-0.4, -0.2) is 45.5 Å². The van der Waals surface area contributed by atoms with Crippen molar-refractivity contribution in [1.82, 2.24) is 4.31 Å². The lowest BCUT2D eigenvalue weighted by molar-refractivity contribution is 0.340. The number of hydrogen-bond acceptors (Lipinski definition) is 4. The van der Waals surface area contributed by atoms with Crippen LogP contribution in [0.3, 0.4) is 0 Å². The van der Waals surface area contributed by atoms with Crippen LogP contribution >= 0.6 is 0 Å². The molecule has 2 aromatic rings. The molecule has 0 amide bonds. The maximum absolute atomic E-state index is 13.4. The van der Waals surface area contributed by atoms with Gasteiger partial charge in [0.2, 0.25) is 10.0 Å². The van der Waals surface area contributed by atoms with Gasteiger partial charge < -0.3 is 9.64 Å². The number of sulfonamides is 1. The third kappa shape index (κ3) is 3.93. The fourth-order valence-electron chi connectivity index (χ4n) is 2.88. The summed E-state index contributed by atoms with van der Waals surface area (Å²) in [5.74, 6) is 0.360. The molecule has 1 aliphatic rings. The number of piperazine rings is 1. The highest BCUT2D eigenvalue weighted by Gasteiger charge is 2.28. The Hall–Kier alpha value is -2.12. The zero-order valence-corrected chi connectivity index (χ0v) is 14.9. The van der Waals surface area contributed by atoms with Crippen LogP contribution in [0, 0.1) is 5.82 Å². The molecule has 1 aliphatic heterocycles. The Morgan fingerprint density at radius 1 is 1.04 bits per heavy atom. The van der Waals surface area contributed by atoms with Crippen molar-refractivity contribution in [2.75, 3.05) is 37.7 Å². The van der Waals surface area contributed by atoms with Gasteiger partial charge in [0.05, 0.1) is 11.5 Å². The maximum atomic E-state index is 13.4. The Balaban J connectivity index is 1.68. The van der Waals surface area contributed by atoms with E-state index in [0.29, 0.717) is 38.5 Å². The molecule has 3 rings (SSSR count). The molecule has 1 saturated heterocycles. The quantitative estimate of drug-likeness (QED) is 0.819. The minimum absolute atomic E-state index is 0.259. The minimum atomic E-state index is -3.53. The van der Waals surface area contributed by atoms with Gasteiger partial charge in [0.25, 0.3) is 0 Å². The molecule has 134 valence electrons. The summed E-state index contributed by atoms with van der Waals surface area (Å²) in [5, 5.41) is 0. The van der Waals surface area contributed by atoms with Gasteiger partial charge in [0, 0.05) is 31.9 Å². The van der Waals surface area contributed by atoms with Crippen LogP contribution in [0.2, 0.25) is 0 Å². The van der Waals surface area contributed by atoms with E-state index in [1.54, 1.807) is 30.3 Å². The first-order chi connectivity index (χ1) is 12.0. The number of anilines is 1. The Morgan fingerprint density at radius 2 is 1.72 bits per heavy atom. The van der Waals surface area contributed by atoms with Crippen LogP contribution in [0.25, 0.3) is 0 Å². The molecule has 0 N–H and O–H groups in total. The van der Waals surface area contributed by atoms with Gasteiger partial charge in [0.1, 0.15) is 11.6 Å².